The number of aryl methyl sites for hydroxylation is 2. The molecule has 158 valence electrons. The van der Waals surface area contributed by atoms with E-state index >= 15 is 0 Å². The molecule has 1 aromatic carbocycles. The monoisotopic (exact) mass is 431 g/mol. The molecule has 0 atom stereocenters. The van der Waals surface area contributed by atoms with Crippen LogP contribution in [0.3, 0.4) is 0 Å². The van der Waals surface area contributed by atoms with Gasteiger partial charge in [-0.1, -0.05) is 0 Å². The second kappa shape index (κ2) is 8.61. The van der Waals surface area contributed by atoms with Crippen LogP contribution in [0.1, 0.15) is 27.5 Å². The van der Waals surface area contributed by atoms with E-state index in [0.29, 0.717) is 18.7 Å². The summed E-state index contributed by atoms with van der Waals surface area (Å²) < 4.78 is 29.1. The lowest BCUT2D eigenvalue weighted by molar-refractivity contribution is 0.0761. The van der Waals surface area contributed by atoms with E-state index in [9.17, 15) is 13.6 Å². The van der Waals surface area contributed by atoms with Gasteiger partial charge < -0.3 is 4.90 Å². The van der Waals surface area contributed by atoms with Crippen molar-refractivity contribution in [2.24, 2.45) is 7.05 Å². The van der Waals surface area contributed by atoms with Gasteiger partial charge in [-0.05, 0) is 25.5 Å². The maximum Gasteiger partial charge on any atom is 0.257 e. The number of hydrogen-bond acceptors (Lipinski definition) is 5. The zero-order chi connectivity index (χ0) is 21.3. The van der Waals surface area contributed by atoms with Crippen molar-refractivity contribution in [2.75, 3.05) is 26.2 Å². The van der Waals surface area contributed by atoms with Gasteiger partial charge in [0.05, 0.1) is 16.3 Å². The highest BCUT2D eigenvalue weighted by Crippen LogP contribution is 2.27. The van der Waals surface area contributed by atoms with Crippen LogP contribution in [-0.2, 0) is 13.6 Å². The van der Waals surface area contributed by atoms with Gasteiger partial charge in [0.2, 0.25) is 0 Å². The molecule has 2 aromatic heterocycles. The van der Waals surface area contributed by atoms with E-state index in [0.717, 1.165) is 42.8 Å². The average molecular weight is 432 g/mol. The Balaban J connectivity index is 1.51. The standard InChI is InChI=1S/C21H23F2N5OS/c1-14-24-16(13-30-14)11-27-6-3-7-28(9-8-27)21(29)18-12-26(2)25-20(18)17-5-4-15(22)10-19(17)23/h4-5,10,12-13H,3,6-9,11H2,1-2H3. The fourth-order valence-corrected chi connectivity index (χ4v) is 4.34. The number of carbonyl (C=O) groups excluding carboxylic acids is 1. The van der Waals surface area contributed by atoms with E-state index in [2.05, 4.69) is 20.4 Å². The Bertz CT molecular complexity index is 1060. The first kappa shape index (κ1) is 20.6. The molecule has 0 N–H and O–H groups in total. The Morgan fingerprint density at radius 3 is 2.77 bits per heavy atom. The molecular weight excluding hydrogens is 408 g/mol. The molecule has 3 heterocycles. The van der Waals surface area contributed by atoms with Gasteiger partial charge in [-0.15, -0.1) is 11.3 Å². The van der Waals surface area contributed by atoms with E-state index in [1.54, 1.807) is 29.5 Å². The number of rotatable bonds is 4. The van der Waals surface area contributed by atoms with Crippen molar-refractivity contribution in [3.05, 3.63) is 57.7 Å². The zero-order valence-corrected chi connectivity index (χ0v) is 17.8. The fourth-order valence-electron chi connectivity index (χ4n) is 3.74. The third-order valence-corrected chi connectivity index (χ3v) is 6.00. The van der Waals surface area contributed by atoms with Crippen LogP contribution in [0.15, 0.2) is 29.8 Å². The summed E-state index contributed by atoms with van der Waals surface area (Å²) in [5.74, 6) is -1.58. The number of carbonyl (C=O) groups is 1. The minimum atomic E-state index is -0.733. The molecule has 1 aliphatic rings. The van der Waals surface area contributed by atoms with Crippen LogP contribution in [0.5, 0.6) is 0 Å². The quantitative estimate of drug-likeness (QED) is 0.635. The maximum atomic E-state index is 14.3. The Labute approximate surface area is 177 Å². The summed E-state index contributed by atoms with van der Waals surface area (Å²) in [6, 6.07) is 3.30. The summed E-state index contributed by atoms with van der Waals surface area (Å²) in [4.78, 5) is 21.9. The van der Waals surface area contributed by atoms with E-state index < -0.39 is 11.6 Å². The van der Waals surface area contributed by atoms with Gasteiger partial charge >= 0.3 is 0 Å². The Morgan fingerprint density at radius 1 is 1.20 bits per heavy atom. The number of thiazole rings is 1. The van der Waals surface area contributed by atoms with Crippen LogP contribution < -0.4 is 0 Å². The molecule has 30 heavy (non-hydrogen) atoms. The Hall–Kier alpha value is -2.65. The van der Waals surface area contributed by atoms with Gasteiger partial charge in [0, 0.05) is 63.0 Å². The van der Waals surface area contributed by atoms with Crippen molar-refractivity contribution in [3.63, 3.8) is 0 Å². The van der Waals surface area contributed by atoms with Crippen molar-refractivity contribution in [1.29, 1.82) is 0 Å². The van der Waals surface area contributed by atoms with E-state index in [1.165, 1.54) is 16.8 Å². The normalized spacial score (nSPS) is 15.4. The Morgan fingerprint density at radius 2 is 2.03 bits per heavy atom. The summed E-state index contributed by atoms with van der Waals surface area (Å²) in [6.07, 6.45) is 2.44. The summed E-state index contributed by atoms with van der Waals surface area (Å²) >= 11 is 1.64. The predicted molar refractivity (Wildman–Crippen MR) is 111 cm³/mol. The van der Waals surface area contributed by atoms with Gasteiger partial charge in [0.15, 0.2) is 0 Å². The van der Waals surface area contributed by atoms with E-state index in [-0.39, 0.29) is 17.2 Å². The van der Waals surface area contributed by atoms with Crippen LogP contribution in [0.4, 0.5) is 8.78 Å². The van der Waals surface area contributed by atoms with E-state index in [4.69, 9.17) is 0 Å². The molecule has 0 unspecified atom stereocenters. The van der Waals surface area contributed by atoms with Crippen LogP contribution in [0.2, 0.25) is 0 Å². The van der Waals surface area contributed by atoms with Gasteiger partial charge in [-0.3, -0.25) is 14.4 Å². The number of nitrogens with zero attached hydrogens (tertiary/aromatic N) is 5. The van der Waals surface area contributed by atoms with Gasteiger partial charge in [0.25, 0.3) is 5.91 Å². The number of aromatic nitrogens is 3. The molecule has 1 saturated heterocycles. The fraction of sp³-hybridized carbons (Fsp3) is 0.381. The summed E-state index contributed by atoms with van der Waals surface area (Å²) in [5.41, 5.74) is 1.74. The largest absolute Gasteiger partial charge is 0.337 e. The second-order valence-electron chi connectivity index (χ2n) is 7.47. The van der Waals surface area contributed by atoms with Crippen molar-refractivity contribution >= 4 is 17.2 Å². The lowest BCUT2D eigenvalue weighted by Crippen LogP contribution is -2.35. The SMILES string of the molecule is Cc1nc(CN2CCCN(C(=O)c3cn(C)nc3-c3ccc(F)cc3F)CC2)cs1. The minimum Gasteiger partial charge on any atom is -0.337 e. The third-order valence-electron chi connectivity index (χ3n) is 5.17. The highest BCUT2D eigenvalue weighted by molar-refractivity contribution is 7.09. The van der Waals surface area contributed by atoms with Crippen molar-refractivity contribution < 1.29 is 13.6 Å². The minimum absolute atomic E-state index is 0.121. The van der Waals surface area contributed by atoms with Crippen LogP contribution in [0.25, 0.3) is 11.3 Å². The average Bonchev–Trinajstić information content (AvgIpc) is 3.20. The first-order valence-corrected chi connectivity index (χ1v) is 10.7. The maximum absolute atomic E-state index is 14.3. The number of amides is 1. The zero-order valence-electron chi connectivity index (χ0n) is 16.9. The van der Waals surface area contributed by atoms with Gasteiger partial charge in [-0.2, -0.15) is 5.10 Å². The summed E-state index contributed by atoms with van der Waals surface area (Å²) in [5, 5.41) is 7.39. The highest BCUT2D eigenvalue weighted by Gasteiger charge is 2.26. The predicted octanol–water partition coefficient (Wildman–Crippen LogP) is 3.48. The highest BCUT2D eigenvalue weighted by atomic mass is 32.1. The van der Waals surface area contributed by atoms with Crippen molar-refractivity contribution in [3.8, 4) is 11.3 Å². The number of benzene rings is 1. The topological polar surface area (TPSA) is 54.3 Å². The molecule has 6 nitrogen and oxygen atoms in total. The van der Waals surface area contributed by atoms with Crippen LogP contribution in [-0.4, -0.2) is 56.7 Å². The molecular formula is C21H23F2N5OS. The van der Waals surface area contributed by atoms with Gasteiger partial charge in [0.1, 0.15) is 17.3 Å². The van der Waals surface area contributed by atoms with E-state index in [1.807, 2.05) is 6.92 Å². The molecule has 1 fully saturated rings. The van der Waals surface area contributed by atoms with Crippen molar-refractivity contribution in [2.45, 2.75) is 19.9 Å². The first-order chi connectivity index (χ1) is 14.4. The molecule has 0 radical (unpaired) electrons. The molecule has 0 aliphatic carbocycles. The van der Waals surface area contributed by atoms with Gasteiger partial charge in [-0.25, -0.2) is 13.8 Å². The lowest BCUT2D eigenvalue weighted by atomic mass is 10.1. The summed E-state index contributed by atoms with van der Waals surface area (Å²) in [7, 11) is 1.68. The molecule has 1 aliphatic heterocycles. The Kier molecular flexibility index (Phi) is 5.92. The summed E-state index contributed by atoms with van der Waals surface area (Å²) in [6.45, 7) is 5.57. The smallest absolute Gasteiger partial charge is 0.257 e. The molecule has 4 rings (SSSR count). The van der Waals surface area contributed by atoms with Crippen LogP contribution >= 0.6 is 11.3 Å². The van der Waals surface area contributed by atoms with Crippen molar-refractivity contribution in [1.82, 2.24) is 24.6 Å². The number of hydrogen-bond donors (Lipinski definition) is 0. The third kappa shape index (κ3) is 4.41. The molecule has 0 spiro atoms. The molecule has 1 amide bonds. The second-order valence-corrected chi connectivity index (χ2v) is 8.53. The molecule has 0 saturated carbocycles. The van der Waals surface area contributed by atoms with Crippen LogP contribution in [0, 0.1) is 18.6 Å². The molecule has 0 bridgehead atoms. The first-order valence-electron chi connectivity index (χ1n) is 9.82. The number of halogens is 2. The molecule has 9 heteroatoms. The lowest BCUT2D eigenvalue weighted by Gasteiger charge is -2.21. The molecule has 3 aromatic rings.